The zero-order chi connectivity index (χ0) is 14.1. The number of nitrogens with zero attached hydrogens (tertiary/aromatic N) is 1. The third-order valence-corrected chi connectivity index (χ3v) is 3.95. The zero-order valence-electron chi connectivity index (χ0n) is 10.9. The molecule has 2 unspecified atom stereocenters. The lowest BCUT2D eigenvalue weighted by atomic mass is 10.0. The highest BCUT2D eigenvalue weighted by atomic mass is 19.3. The van der Waals surface area contributed by atoms with E-state index in [2.05, 4.69) is 10.1 Å². The van der Waals surface area contributed by atoms with Crippen molar-refractivity contribution in [3.63, 3.8) is 0 Å². The minimum atomic E-state index is -2.85. The number of fused-ring (bicyclic) bond motifs is 2. The van der Waals surface area contributed by atoms with E-state index in [1.807, 2.05) is 4.90 Å². The van der Waals surface area contributed by atoms with Gasteiger partial charge < -0.3 is 15.0 Å². The van der Waals surface area contributed by atoms with E-state index in [4.69, 9.17) is 0 Å². The molecule has 0 saturated carbocycles. The van der Waals surface area contributed by atoms with E-state index < -0.39 is 6.61 Å². The van der Waals surface area contributed by atoms with Crippen LogP contribution in [0.3, 0.4) is 0 Å². The molecule has 0 aromatic heterocycles. The molecule has 1 N–H and O–H groups in total. The maximum absolute atomic E-state index is 12.4. The normalized spacial score (nSPS) is 25.1. The van der Waals surface area contributed by atoms with Crippen molar-refractivity contribution in [2.24, 2.45) is 0 Å². The summed E-state index contributed by atoms with van der Waals surface area (Å²) in [6.07, 6.45) is 1.97. The van der Waals surface area contributed by atoms with E-state index in [0.717, 1.165) is 25.9 Å². The van der Waals surface area contributed by atoms with Gasteiger partial charge in [-0.2, -0.15) is 8.78 Å². The molecule has 20 heavy (non-hydrogen) atoms. The quantitative estimate of drug-likeness (QED) is 0.920. The molecule has 0 radical (unpaired) electrons. The molecular weight excluding hydrogens is 266 g/mol. The SMILES string of the molecule is O=C(c1ccc(OC(F)F)cc1)N1CCC2CC1CN2. The van der Waals surface area contributed by atoms with Crippen LogP contribution in [0.25, 0.3) is 0 Å². The highest BCUT2D eigenvalue weighted by Gasteiger charge is 2.36. The molecule has 6 heteroatoms. The third kappa shape index (κ3) is 2.60. The Labute approximate surface area is 115 Å². The first kappa shape index (κ1) is 13.3. The summed E-state index contributed by atoms with van der Waals surface area (Å²) in [4.78, 5) is 14.3. The minimum absolute atomic E-state index is 0.0410. The first-order chi connectivity index (χ1) is 9.63. The Hall–Kier alpha value is -1.69. The molecule has 0 aliphatic carbocycles. The number of nitrogens with one attached hydrogen (secondary N) is 1. The van der Waals surface area contributed by atoms with Crippen molar-refractivity contribution in [1.29, 1.82) is 0 Å². The number of likely N-dealkylation sites (tertiary alicyclic amines) is 1. The van der Waals surface area contributed by atoms with Gasteiger partial charge in [0.15, 0.2) is 0 Å². The molecule has 3 rings (SSSR count). The van der Waals surface area contributed by atoms with Crippen LogP contribution in [0, 0.1) is 0 Å². The summed E-state index contributed by atoms with van der Waals surface area (Å²) in [7, 11) is 0. The molecular formula is C14H16F2N2O2. The van der Waals surface area contributed by atoms with Crippen molar-refractivity contribution in [1.82, 2.24) is 10.2 Å². The number of piperidine rings is 1. The van der Waals surface area contributed by atoms with Crippen molar-refractivity contribution in [2.45, 2.75) is 31.5 Å². The smallest absolute Gasteiger partial charge is 0.387 e. The third-order valence-electron chi connectivity index (χ3n) is 3.95. The summed E-state index contributed by atoms with van der Waals surface area (Å²) < 4.78 is 28.4. The fourth-order valence-corrected chi connectivity index (χ4v) is 2.94. The summed E-state index contributed by atoms with van der Waals surface area (Å²) in [6, 6.07) is 6.66. The first-order valence-corrected chi connectivity index (χ1v) is 6.73. The predicted molar refractivity (Wildman–Crippen MR) is 68.9 cm³/mol. The van der Waals surface area contributed by atoms with E-state index in [0.29, 0.717) is 11.6 Å². The Morgan fingerprint density at radius 3 is 2.80 bits per heavy atom. The second-order valence-corrected chi connectivity index (χ2v) is 5.18. The lowest BCUT2D eigenvalue weighted by molar-refractivity contribution is -0.0498. The first-order valence-electron chi connectivity index (χ1n) is 6.73. The van der Waals surface area contributed by atoms with Gasteiger partial charge in [0.05, 0.1) is 0 Å². The van der Waals surface area contributed by atoms with Gasteiger partial charge in [0.2, 0.25) is 0 Å². The largest absolute Gasteiger partial charge is 0.435 e. The van der Waals surface area contributed by atoms with Crippen LogP contribution in [-0.4, -0.2) is 42.6 Å². The molecule has 2 fully saturated rings. The molecule has 0 spiro atoms. The number of rotatable bonds is 3. The van der Waals surface area contributed by atoms with E-state index in [1.54, 1.807) is 0 Å². The summed E-state index contributed by atoms with van der Waals surface area (Å²) in [6.45, 7) is -1.26. The van der Waals surface area contributed by atoms with Gasteiger partial charge in [0.1, 0.15) is 5.75 Å². The lowest BCUT2D eigenvalue weighted by Gasteiger charge is -2.32. The molecule has 2 aliphatic heterocycles. The maximum Gasteiger partial charge on any atom is 0.387 e. The van der Waals surface area contributed by atoms with Crippen LogP contribution in [-0.2, 0) is 0 Å². The molecule has 108 valence electrons. The van der Waals surface area contributed by atoms with Gasteiger partial charge in [-0.1, -0.05) is 0 Å². The zero-order valence-corrected chi connectivity index (χ0v) is 10.9. The Morgan fingerprint density at radius 2 is 2.10 bits per heavy atom. The van der Waals surface area contributed by atoms with Crippen LogP contribution in [0.15, 0.2) is 24.3 Å². The van der Waals surface area contributed by atoms with Crippen molar-refractivity contribution in [3.8, 4) is 5.75 Å². The number of hydrogen-bond donors (Lipinski definition) is 1. The number of ether oxygens (including phenoxy) is 1. The highest BCUT2D eigenvalue weighted by molar-refractivity contribution is 5.94. The average Bonchev–Trinajstić information content (AvgIpc) is 2.80. The number of halogens is 2. The predicted octanol–water partition coefficient (Wildman–Crippen LogP) is 1.86. The van der Waals surface area contributed by atoms with E-state index in [1.165, 1.54) is 24.3 Å². The number of benzene rings is 1. The van der Waals surface area contributed by atoms with Crippen molar-refractivity contribution in [3.05, 3.63) is 29.8 Å². The van der Waals surface area contributed by atoms with E-state index in [-0.39, 0.29) is 17.7 Å². The van der Waals surface area contributed by atoms with Crippen LogP contribution in [0.2, 0.25) is 0 Å². The van der Waals surface area contributed by atoms with Gasteiger partial charge in [0.25, 0.3) is 5.91 Å². The van der Waals surface area contributed by atoms with Gasteiger partial charge in [-0.05, 0) is 37.1 Å². The Balaban J connectivity index is 1.70. The maximum atomic E-state index is 12.4. The van der Waals surface area contributed by atoms with Crippen molar-refractivity contribution in [2.75, 3.05) is 13.1 Å². The fourth-order valence-electron chi connectivity index (χ4n) is 2.94. The fraction of sp³-hybridized carbons (Fsp3) is 0.500. The molecule has 1 aromatic rings. The Kier molecular flexibility index (Phi) is 3.56. The number of amides is 1. The molecule has 2 aliphatic rings. The summed E-state index contributed by atoms with van der Waals surface area (Å²) in [5.41, 5.74) is 0.511. The minimum Gasteiger partial charge on any atom is -0.435 e. The van der Waals surface area contributed by atoms with Crippen LogP contribution < -0.4 is 10.1 Å². The molecule has 2 heterocycles. The number of carbonyl (C=O) groups excluding carboxylic acids is 1. The van der Waals surface area contributed by atoms with Gasteiger partial charge in [-0.25, -0.2) is 0 Å². The molecule has 2 atom stereocenters. The summed E-state index contributed by atoms with van der Waals surface area (Å²) in [5, 5.41) is 3.39. The van der Waals surface area contributed by atoms with Gasteiger partial charge in [0, 0.05) is 30.7 Å². The second kappa shape index (κ2) is 5.36. The summed E-state index contributed by atoms with van der Waals surface area (Å²) in [5.74, 6) is 0.0264. The van der Waals surface area contributed by atoms with Gasteiger partial charge >= 0.3 is 6.61 Å². The molecule has 2 bridgehead atoms. The van der Waals surface area contributed by atoms with Crippen molar-refractivity contribution >= 4 is 5.91 Å². The highest BCUT2D eigenvalue weighted by Crippen LogP contribution is 2.25. The Morgan fingerprint density at radius 1 is 1.35 bits per heavy atom. The topological polar surface area (TPSA) is 41.6 Å². The monoisotopic (exact) mass is 282 g/mol. The average molecular weight is 282 g/mol. The molecule has 2 saturated heterocycles. The van der Waals surface area contributed by atoms with Crippen molar-refractivity contribution < 1.29 is 18.3 Å². The van der Waals surface area contributed by atoms with Crippen LogP contribution >= 0.6 is 0 Å². The van der Waals surface area contributed by atoms with E-state index in [9.17, 15) is 13.6 Å². The van der Waals surface area contributed by atoms with E-state index >= 15 is 0 Å². The van der Waals surface area contributed by atoms with Crippen LogP contribution in [0.1, 0.15) is 23.2 Å². The standard InChI is InChI=1S/C14H16F2N2O2/c15-14(16)20-12-3-1-9(2-4-12)13(19)18-6-5-10-7-11(18)8-17-10/h1-4,10-11,14,17H,5-8H2. The molecule has 1 amide bonds. The lowest BCUT2D eigenvalue weighted by Crippen LogP contribution is -2.44. The Bertz CT molecular complexity index is 492. The van der Waals surface area contributed by atoms with Crippen LogP contribution in [0.4, 0.5) is 8.78 Å². The van der Waals surface area contributed by atoms with Gasteiger partial charge in [-0.15, -0.1) is 0 Å². The molecule has 4 nitrogen and oxygen atoms in total. The second-order valence-electron chi connectivity index (χ2n) is 5.18. The number of hydrogen-bond acceptors (Lipinski definition) is 3. The summed E-state index contributed by atoms with van der Waals surface area (Å²) >= 11 is 0. The molecule has 1 aromatic carbocycles. The van der Waals surface area contributed by atoms with Gasteiger partial charge in [-0.3, -0.25) is 4.79 Å². The van der Waals surface area contributed by atoms with Crippen LogP contribution in [0.5, 0.6) is 5.75 Å². The number of alkyl halides is 2. The number of carbonyl (C=O) groups is 1.